The van der Waals surface area contributed by atoms with Crippen molar-refractivity contribution in [2.24, 2.45) is 0 Å². The zero-order valence-electron chi connectivity index (χ0n) is 10.8. The van der Waals surface area contributed by atoms with E-state index >= 15 is 0 Å². The Bertz CT molecular complexity index is 678. The van der Waals surface area contributed by atoms with Crippen molar-refractivity contribution >= 4 is 28.3 Å². The van der Waals surface area contributed by atoms with E-state index in [0.717, 1.165) is 10.8 Å². The van der Waals surface area contributed by atoms with Gasteiger partial charge in [0.25, 0.3) is 0 Å². The lowest BCUT2D eigenvalue weighted by atomic mass is 10.1. The zero-order valence-corrected chi connectivity index (χ0v) is 11.6. The second-order valence-electron chi connectivity index (χ2n) is 4.14. The van der Waals surface area contributed by atoms with Gasteiger partial charge in [-0.15, -0.1) is 0 Å². The van der Waals surface area contributed by atoms with Crippen LogP contribution in [0.15, 0.2) is 36.4 Å². The molecule has 4 nitrogen and oxygen atoms in total. The van der Waals surface area contributed by atoms with Crippen LogP contribution in [0.25, 0.3) is 10.8 Å². The van der Waals surface area contributed by atoms with Crippen LogP contribution in [0.5, 0.6) is 5.75 Å². The van der Waals surface area contributed by atoms with Crippen molar-refractivity contribution in [1.82, 2.24) is 0 Å². The summed E-state index contributed by atoms with van der Waals surface area (Å²) < 4.78 is 10.2. The summed E-state index contributed by atoms with van der Waals surface area (Å²) in [6.45, 7) is 1.24. The Labute approximate surface area is 121 Å². The molecule has 0 saturated heterocycles. The van der Waals surface area contributed by atoms with Gasteiger partial charge in [0.1, 0.15) is 11.8 Å². The second-order valence-corrected chi connectivity index (χ2v) is 4.55. The van der Waals surface area contributed by atoms with Crippen molar-refractivity contribution in [1.29, 1.82) is 5.26 Å². The van der Waals surface area contributed by atoms with Crippen LogP contribution in [0.2, 0.25) is 5.02 Å². The number of carbonyl (C=O) groups excluding carboxylic acids is 1. The smallest absolute Gasteiger partial charge is 0.345 e. The molecule has 0 saturated carbocycles. The molecule has 0 unspecified atom stereocenters. The van der Waals surface area contributed by atoms with Crippen LogP contribution in [0.3, 0.4) is 0 Å². The molecule has 0 heterocycles. The van der Waals surface area contributed by atoms with Gasteiger partial charge < -0.3 is 9.47 Å². The number of hydrogen-bond donors (Lipinski definition) is 0. The first-order valence-electron chi connectivity index (χ1n) is 6.01. The molecule has 0 amide bonds. The highest BCUT2D eigenvalue weighted by Gasteiger charge is 2.11. The number of carbonyl (C=O) groups is 1. The number of fused-ring (bicyclic) bond motifs is 1. The molecule has 0 fully saturated rings. The molecule has 2 aromatic rings. The second kappa shape index (κ2) is 6.27. The Morgan fingerprint density at radius 2 is 2.00 bits per heavy atom. The monoisotopic (exact) mass is 289 g/mol. The highest BCUT2D eigenvalue weighted by molar-refractivity contribution is 6.35. The summed E-state index contributed by atoms with van der Waals surface area (Å²) in [5.41, 5.74) is 0. The molecule has 5 heteroatoms. The van der Waals surface area contributed by atoms with Gasteiger partial charge in [-0.2, -0.15) is 5.26 Å². The summed E-state index contributed by atoms with van der Waals surface area (Å²) in [5.74, 6) is -0.0374. The summed E-state index contributed by atoms with van der Waals surface area (Å²) in [7, 11) is 0. The van der Waals surface area contributed by atoms with E-state index in [9.17, 15) is 4.79 Å². The minimum absolute atomic E-state index is 0.252. The average molecular weight is 290 g/mol. The SMILES string of the molecule is C[C@H](C#N)OC(=O)COc1ccc(Cl)c2ccccc12. The first-order chi connectivity index (χ1) is 9.61. The lowest BCUT2D eigenvalue weighted by molar-refractivity contribution is -0.148. The molecule has 0 radical (unpaired) electrons. The van der Waals surface area contributed by atoms with Crippen LogP contribution in [0.4, 0.5) is 0 Å². The van der Waals surface area contributed by atoms with Crippen molar-refractivity contribution in [3.63, 3.8) is 0 Å². The highest BCUT2D eigenvalue weighted by Crippen LogP contribution is 2.31. The van der Waals surface area contributed by atoms with Gasteiger partial charge in [0.2, 0.25) is 0 Å². The van der Waals surface area contributed by atoms with Gasteiger partial charge in [0.15, 0.2) is 12.7 Å². The van der Waals surface area contributed by atoms with Crippen LogP contribution < -0.4 is 4.74 Å². The van der Waals surface area contributed by atoms with Gasteiger partial charge in [0.05, 0.1) is 0 Å². The molecular formula is C15H12ClNO3. The normalized spacial score (nSPS) is 11.7. The molecule has 0 bridgehead atoms. The van der Waals surface area contributed by atoms with Crippen LogP contribution >= 0.6 is 11.6 Å². The fraction of sp³-hybridized carbons (Fsp3) is 0.200. The van der Waals surface area contributed by atoms with Crippen molar-refractivity contribution in [2.45, 2.75) is 13.0 Å². The van der Waals surface area contributed by atoms with Gasteiger partial charge in [-0.25, -0.2) is 4.79 Å². The Balaban J connectivity index is 2.13. The first kappa shape index (κ1) is 14.2. The number of rotatable bonds is 4. The standard InChI is InChI=1S/C15H12ClNO3/c1-10(8-17)20-15(18)9-19-14-7-6-13(16)11-4-2-3-5-12(11)14/h2-7,10H,9H2,1H3/t10-/m1/s1. The summed E-state index contributed by atoms with van der Waals surface area (Å²) >= 11 is 6.10. The summed E-state index contributed by atoms with van der Waals surface area (Å²) in [6, 6.07) is 12.7. The molecule has 0 spiro atoms. The molecular weight excluding hydrogens is 278 g/mol. The largest absolute Gasteiger partial charge is 0.481 e. The number of hydrogen-bond acceptors (Lipinski definition) is 4. The van der Waals surface area contributed by atoms with Crippen LogP contribution in [-0.4, -0.2) is 18.7 Å². The maximum absolute atomic E-state index is 11.5. The average Bonchev–Trinajstić information content (AvgIpc) is 2.46. The van der Waals surface area contributed by atoms with E-state index in [1.54, 1.807) is 12.1 Å². The Morgan fingerprint density at radius 1 is 1.30 bits per heavy atom. The van der Waals surface area contributed by atoms with E-state index in [2.05, 4.69) is 0 Å². The molecule has 0 aliphatic heterocycles. The van der Waals surface area contributed by atoms with E-state index in [0.29, 0.717) is 10.8 Å². The molecule has 0 aromatic heterocycles. The van der Waals surface area contributed by atoms with E-state index in [1.165, 1.54) is 6.92 Å². The number of ether oxygens (including phenoxy) is 2. The minimum atomic E-state index is -0.784. The number of benzene rings is 2. The molecule has 0 aliphatic rings. The fourth-order valence-corrected chi connectivity index (χ4v) is 1.98. The number of nitrogens with zero attached hydrogens (tertiary/aromatic N) is 1. The topological polar surface area (TPSA) is 59.3 Å². The quantitative estimate of drug-likeness (QED) is 0.810. The zero-order chi connectivity index (χ0) is 14.5. The Hall–Kier alpha value is -2.25. The predicted octanol–water partition coefficient (Wildman–Crippen LogP) is 3.33. The van der Waals surface area contributed by atoms with Crippen molar-refractivity contribution in [3.05, 3.63) is 41.4 Å². The van der Waals surface area contributed by atoms with E-state index in [1.807, 2.05) is 30.3 Å². The van der Waals surface area contributed by atoms with Crippen LogP contribution in [-0.2, 0) is 9.53 Å². The van der Waals surface area contributed by atoms with E-state index in [-0.39, 0.29) is 6.61 Å². The van der Waals surface area contributed by atoms with Crippen molar-refractivity contribution in [3.8, 4) is 11.8 Å². The lowest BCUT2D eigenvalue weighted by Gasteiger charge is -2.10. The summed E-state index contributed by atoms with van der Waals surface area (Å²) in [6.07, 6.45) is -0.784. The predicted molar refractivity (Wildman–Crippen MR) is 75.6 cm³/mol. The van der Waals surface area contributed by atoms with E-state index < -0.39 is 12.1 Å². The lowest BCUT2D eigenvalue weighted by Crippen LogP contribution is -2.19. The van der Waals surface area contributed by atoms with Crippen LogP contribution in [0.1, 0.15) is 6.92 Å². The number of halogens is 1. The van der Waals surface area contributed by atoms with Crippen LogP contribution in [0, 0.1) is 11.3 Å². The molecule has 0 N–H and O–H groups in total. The molecule has 20 heavy (non-hydrogen) atoms. The number of nitriles is 1. The van der Waals surface area contributed by atoms with Gasteiger partial charge in [-0.1, -0.05) is 35.9 Å². The van der Waals surface area contributed by atoms with Gasteiger partial charge in [-0.05, 0) is 19.1 Å². The third-order valence-corrected chi connectivity index (χ3v) is 3.00. The molecule has 102 valence electrons. The van der Waals surface area contributed by atoms with Gasteiger partial charge in [0, 0.05) is 15.8 Å². The van der Waals surface area contributed by atoms with Gasteiger partial charge in [-0.3, -0.25) is 0 Å². The molecule has 1 atom stereocenters. The maximum Gasteiger partial charge on any atom is 0.345 e. The fourth-order valence-electron chi connectivity index (χ4n) is 1.75. The summed E-state index contributed by atoms with van der Waals surface area (Å²) in [4.78, 5) is 11.5. The van der Waals surface area contributed by atoms with Crippen molar-refractivity contribution < 1.29 is 14.3 Å². The molecule has 2 rings (SSSR count). The molecule has 2 aromatic carbocycles. The number of esters is 1. The maximum atomic E-state index is 11.5. The molecule has 0 aliphatic carbocycles. The highest BCUT2D eigenvalue weighted by atomic mass is 35.5. The van der Waals surface area contributed by atoms with E-state index in [4.69, 9.17) is 26.3 Å². The minimum Gasteiger partial charge on any atom is -0.481 e. The summed E-state index contributed by atoms with van der Waals surface area (Å²) in [5, 5.41) is 10.8. The van der Waals surface area contributed by atoms with Gasteiger partial charge >= 0.3 is 5.97 Å². The Kier molecular flexibility index (Phi) is 4.44. The third kappa shape index (κ3) is 3.19. The Morgan fingerprint density at radius 3 is 2.70 bits per heavy atom. The van der Waals surface area contributed by atoms with Crippen molar-refractivity contribution in [2.75, 3.05) is 6.61 Å². The third-order valence-electron chi connectivity index (χ3n) is 2.67. The first-order valence-corrected chi connectivity index (χ1v) is 6.38.